The van der Waals surface area contributed by atoms with Gasteiger partial charge in [0.15, 0.2) is 0 Å². The number of nitrogens with zero attached hydrogens (tertiary/aromatic N) is 1. The summed E-state index contributed by atoms with van der Waals surface area (Å²) in [5.74, 6) is 0.460. The second kappa shape index (κ2) is 3.72. The standard InChI is InChI=1S/C12H17NO2/c1-12(6-4-10(14)5-7-12)11(15)13-8-2-3-9-13/h4-6,14H,2-3,7-9H2,1H3. The molecule has 1 heterocycles. The summed E-state index contributed by atoms with van der Waals surface area (Å²) in [6.45, 7) is 3.71. The molecule has 1 fully saturated rings. The highest BCUT2D eigenvalue weighted by molar-refractivity contribution is 5.85. The fraction of sp³-hybridized carbons (Fsp3) is 0.583. The molecule has 2 rings (SSSR count). The lowest BCUT2D eigenvalue weighted by molar-refractivity contribution is -0.137. The molecule has 2 aliphatic rings. The smallest absolute Gasteiger partial charge is 0.232 e. The van der Waals surface area contributed by atoms with E-state index in [1.54, 1.807) is 12.2 Å². The van der Waals surface area contributed by atoms with E-state index in [1.807, 2.05) is 17.9 Å². The van der Waals surface area contributed by atoms with Gasteiger partial charge in [-0.05, 0) is 38.3 Å². The average Bonchev–Trinajstić information content (AvgIpc) is 2.75. The first-order valence-corrected chi connectivity index (χ1v) is 5.49. The predicted octanol–water partition coefficient (Wildman–Crippen LogP) is 2.02. The van der Waals surface area contributed by atoms with Gasteiger partial charge in [0.1, 0.15) is 5.76 Å². The van der Waals surface area contributed by atoms with Crippen molar-refractivity contribution < 1.29 is 9.90 Å². The van der Waals surface area contributed by atoms with Gasteiger partial charge >= 0.3 is 0 Å². The maximum absolute atomic E-state index is 12.2. The van der Waals surface area contributed by atoms with Gasteiger partial charge < -0.3 is 10.0 Å². The summed E-state index contributed by atoms with van der Waals surface area (Å²) in [6, 6.07) is 0. The van der Waals surface area contributed by atoms with Crippen LogP contribution in [0.1, 0.15) is 26.2 Å². The van der Waals surface area contributed by atoms with Gasteiger partial charge in [0.2, 0.25) is 5.91 Å². The average molecular weight is 207 g/mol. The maximum atomic E-state index is 12.2. The predicted molar refractivity (Wildman–Crippen MR) is 58.4 cm³/mol. The summed E-state index contributed by atoms with van der Waals surface area (Å²) < 4.78 is 0. The molecule has 3 nitrogen and oxygen atoms in total. The Balaban J connectivity index is 2.09. The van der Waals surface area contributed by atoms with Crippen molar-refractivity contribution in [2.75, 3.05) is 13.1 Å². The van der Waals surface area contributed by atoms with Crippen molar-refractivity contribution in [3.63, 3.8) is 0 Å². The number of amides is 1. The van der Waals surface area contributed by atoms with Gasteiger partial charge in [-0.2, -0.15) is 0 Å². The minimum absolute atomic E-state index is 0.194. The molecule has 1 atom stereocenters. The van der Waals surface area contributed by atoms with Crippen molar-refractivity contribution in [3.05, 3.63) is 24.0 Å². The summed E-state index contributed by atoms with van der Waals surface area (Å²) in [5.41, 5.74) is -0.448. The largest absolute Gasteiger partial charge is 0.508 e. The molecule has 1 aliphatic heterocycles. The van der Waals surface area contributed by atoms with E-state index < -0.39 is 5.41 Å². The Labute approximate surface area is 90.1 Å². The van der Waals surface area contributed by atoms with E-state index >= 15 is 0 Å². The molecule has 0 bridgehead atoms. The molecule has 82 valence electrons. The number of aliphatic hydroxyl groups is 1. The number of likely N-dealkylation sites (tertiary alicyclic amines) is 1. The molecule has 1 saturated heterocycles. The van der Waals surface area contributed by atoms with Crippen molar-refractivity contribution in [2.24, 2.45) is 5.41 Å². The van der Waals surface area contributed by atoms with Crippen LogP contribution in [0.25, 0.3) is 0 Å². The molecule has 0 radical (unpaired) electrons. The Morgan fingerprint density at radius 3 is 2.67 bits per heavy atom. The quantitative estimate of drug-likeness (QED) is 0.714. The van der Waals surface area contributed by atoms with Gasteiger partial charge in [0.25, 0.3) is 0 Å². The summed E-state index contributed by atoms with van der Waals surface area (Å²) in [5, 5.41) is 9.24. The Kier molecular flexibility index (Phi) is 2.55. The van der Waals surface area contributed by atoms with E-state index in [0.29, 0.717) is 6.42 Å². The van der Waals surface area contributed by atoms with Gasteiger partial charge in [-0.15, -0.1) is 0 Å². The molecule has 1 amide bonds. The third kappa shape index (κ3) is 1.91. The number of carbonyl (C=O) groups excluding carboxylic acids is 1. The molecule has 0 aromatic rings. The SMILES string of the molecule is CC1(C(=O)N2CCCC2)C=CC(O)=CC1. The van der Waals surface area contributed by atoms with Gasteiger partial charge in [-0.3, -0.25) is 4.79 Å². The first-order valence-electron chi connectivity index (χ1n) is 5.49. The Morgan fingerprint density at radius 1 is 1.47 bits per heavy atom. The summed E-state index contributed by atoms with van der Waals surface area (Å²) in [4.78, 5) is 14.1. The summed E-state index contributed by atoms with van der Waals surface area (Å²) >= 11 is 0. The van der Waals surface area contributed by atoms with Crippen LogP contribution in [-0.2, 0) is 4.79 Å². The lowest BCUT2D eigenvalue weighted by Gasteiger charge is -2.30. The van der Waals surface area contributed by atoms with Crippen LogP contribution in [0.2, 0.25) is 0 Å². The monoisotopic (exact) mass is 207 g/mol. The zero-order valence-corrected chi connectivity index (χ0v) is 9.07. The number of carbonyl (C=O) groups is 1. The fourth-order valence-electron chi connectivity index (χ4n) is 2.16. The number of allylic oxidation sites excluding steroid dienone is 2. The normalized spacial score (nSPS) is 30.5. The minimum Gasteiger partial charge on any atom is -0.508 e. The molecule has 1 N–H and O–H groups in total. The lowest BCUT2D eigenvalue weighted by Crippen LogP contribution is -2.40. The molecule has 1 aliphatic carbocycles. The fourth-order valence-corrected chi connectivity index (χ4v) is 2.16. The van der Waals surface area contributed by atoms with Gasteiger partial charge in [0, 0.05) is 13.1 Å². The van der Waals surface area contributed by atoms with Gasteiger partial charge in [-0.25, -0.2) is 0 Å². The Bertz CT molecular complexity index is 327. The van der Waals surface area contributed by atoms with Crippen molar-refractivity contribution in [1.29, 1.82) is 0 Å². The second-order valence-corrected chi connectivity index (χ2v) is 4.58. The molecule has 15 heavy (non-hydrogen) atoms. The first-order chi connectivity index (χ1) is 7.12. The van der Waals surface area contributed by atoms with E-state index in [9.17, 15) is 9.90 Å². The first kappa shape index (κ1) is 10.3. The third-order valence-electron chi connectivity index (χ3n) is 3.24. The Hall–Kier alpha value is -1.25. The maximum Gasteiger partial charge on any atom is 0.232 e. The minimum atomic E-state index is -0.448. The van der Waals surface area contributed by atoms with Crippen molar-refractivity contribution in [2.45, 2.75) is 26.2 Å². The molecular weight excluding hydrogens is 190 g/mol. The van der Waals surface area contributed by atoms with Crippen molar-refractivity contribution in [1.82, 2.24) is 4.90 Å². The van der Waals surface area contributed by atoms with Gasteiger partial charge in [-0.1, -0.05) is 6.08 Å². The second-order valence-electron chi connectivity index (χ2n) is 4.58. The van der Waals surface area contributed by atoms with E-state index in [4.69, 9.17) is 0 Å². The van der Waals surface area contributed by atoms with Crippen molar-refractivity contribution in [3.8, 4) is 0 Å². The van der Waals surface area contributed by atoms with Gasteiger partial charge in [0.05, 0.1) is 5.41 Å². The van der Waals surface area contributed by atoms with E-state index in [-0.39, 0.29) is 11.7 Å². The molecule has 0 aromatic heterocycles. The van der Waals surface area contributed by atoms with Crippen LogP contribution in [-0.4, -0.2) is 29.0 Å². The molecular formula is C12H17NO2. The number of hydrogen-bond donors (Lipinski definition) is 1. The highest BCUT2D eigenvalue weighted by Crippen LogP contribution is 2.32. The van der Waals surface area contributed by atoms with Crippen LogP contribution in [0.4, 0.5) is 0 Å². The lowest BCUT2D eigenvalue weighted by atomic mass is 9.82. The molecule has 3 heteroatoms. The van der Waals surface area contributed by atoms with Crippen LogP contribution < -0.4 is 0 Å². The topological polar surface area (TPSA) is 40.5 Å². The Morgan fingerprint density at radius 2 is 2.13 bits per heavy atom. The number of hydrogen-bond acceptors (Lipinski definition) is 2. The van der Waals surface area contributed by atoms with Crippen LogP contribution in [0.5, 0.6) is 0 Å². The highest BCUT2D eigenvalue weighted by atomic mass is 16.3. The third-order valence-corrected chi connectivity index (χ3v) is 3.24. The molecule has 0 aromatic carbocycles. The van der Waals surface area contributed by atoms with Crippen LogP contribution >= 0.6 is 0 Å². The summed E-state index contributed by atoms with van der Waals surface area (Å²) in [6.07, 6.45) is 8.00. The van der Waals surface area contributed by atoms with E-state index in [1.165, 1.54) is 0 Å². The van der Waals surface area contributed by atoms with Crippen LogP contribution in [0.3, 0.4) is 0 Å². The van der Waals surface area contributed by atoms with E-state index in [0.717, 1.165) is 25.9 Å². The van der Waals surface area contributed by atoms with Crippen LogP contribution in [0, 0.1) is 5.41 Å². The van der Waals surface area contributed by atoms with Crippen molar-refractivity contribution >= 4 is 5.91 Å². The highest BCUT2D eigenvalue weighted by Gasteiger charge is 2.35. The molecule has 0 saturated carbocycles. The summed E-state index contributed by atoms with van der Waals surface area (Å²) in [7, 11) is 0. The van der Waals surface area contributed by atoms with Crippen LogP contribution in [0.15, 0.2) is 24.0 Å². The molecule has 1 unspecified atom stereocenters. The zero-order valence-electron chi connectivity index (χ0n) is 9.07. The zero-order chi connectivity index (χ0) is 10.9. The number of rotatable bonds is 1. The number of aliphatic hydroxyl groups excluding tert-OH is 1. The molecule has 0 spiro atoms. The van der Waals surface area contributed by atoms with E-state index in [2.05, 4.69) is 0 Å².